The summed E-state index contributed by atoms with van der Waals surface area (Å²) in [6.45, 7) is 6.31. The van der Waals surface area contributed by atoms with E-state index in [4.69, 9.17) is 11.6 Å². The van der Waals surface area contributed by atoms with Crippen LogP contribution < -0.4 is 0 Å². The van der Waals surface area contributed by atoms with Crippen molar-refractivity contribution < 1.29 is 4.79 Å². The Morgan fingerprint density at radius 3 is 2.42 bits per heavy atom. The Bertz CT molecular complexity index is 927. The number of piperazine rings is 1. The maximum Gasteiger partial charge on any atom is 0.265 e. The Labute approximate surface area is 162 Å². The molecule has 1 aliphatic heterocycles. The predicted octanol–water partition coefficient (Wildman–Crippen LogP) is 4.82. The van der Waals surface area contributed by atoms with Gasteiger partial charge < -0.3 is 4.90 Å². The van der Waals surface area contributed by atoms with Gasteiger partial charge in [0.25, 0.3) is 5.91 Å². The van der Waals surface area contributed by atoms with Crippen molar-refractivity contribution in [1.82, 2.24) is 9.80 Å². The lowest BCUT2D eigenvalue weighted by Gasteiger charge is -2.34. The van der Waals surface area contributed by atoms with Gasteiger partial charge in [0.1, 0.15) is 4.88 Å². The summed E-state index contributed by atoms with van der Waals surface area (Å²) >= 11 is 7.97. The molecule has 0 atom stereocenters. The number of aryl methyl sites for hydroxylation is 1. The van der Waals surface area contributed by atoms with E-state index in [0.717, 1.165) is 42.8 Å². The van der Waals surface area contributed by atoms with E-state index in [1.54, 1.807) is 0 Å². The molecular formula is C21H21ClN2OS. The van der Waals surface area contributed by atoms with Gasteiger partial charge in [-0.15, -0.1) is 11.3 Å². The number of benzene rings is 2. The smallest absolute Gasteiger partial charge is 0.265 e. The van der Waals surface area contributed by atoms with Gasteiger partial charge >= 0.3 is 0 Å². The summed E-state index contributed by atoms with van der Waals surface area (Å²) in [6.07, 6.45) is 0. The number of thiophene rings is 1. The molecule has 134 valence electrons. The van der Waals surface area contributed by atoms with Gasteiger partial charge in [-0.2, -0.15) is 0 Å². The molecular weight excluding hydrogens is 364 g/mol. The van der Waals surface area contributed by atoms with Crippen molar-refractivity contribution >= 4 is 38.9 Å². The monoisotopic (exact) mass is 384 g/mol. The molecule has 0 spiro atoms. The molecule has 1 saturated heterocycles. The van der Waals surface area contributed by atoms with Crippen molar-refractivity contribution in [3.05, 3.63) is 69.6 Å². The average Bonchev–Trinajstić information content (AvgIpc) is 3.01. The van der Waals surface area contributed by atoms with Crippen molar-refractivity contribution in [3.8, 4) is 0 Å². The topological polar surface area (TPSA) is 23.6 Å². The first-order valence-corrected chi connectivity index (χ1v) is 10.1. The zero-order valence-electron chi connectivity index (χ0n) is 14.7. The van der Waals surface area contributed by atoms with Crippen LogP contribution >= 0.6 is 22.9 Å². The van der Waals surface area contributed by atoms with Gasteiger partial charge in [0.15, 0.2) is 0 Å². The lowest BCUT2D eigenvalue weighted by atomic mass is 10.1. The zero-order valence-corrected chi connectivity index (χ0v) is 16.3. The summed E-state index contributed by atoms with van der Waals surface area (Å²) < 4.78 is 1.07. The molecule has 0 unspecified atom stereocenters. The minimum absolute atomic E-state index is 0.0613. The van der Waals surface area contributed by atoms with Gasteiger partial charge in [-0.25, -0.2) is 0 Å². The third-order valence-electron chi connectivity index (χ3n) is 4.92. The Kier molecular flexibility index (Phi) is 4.98. The van der Waals surface area contributed by atoms with Crippen LogP contribution in [-0.2, 0) is 6.54 Å². The normalized spacial score (nSPS) is 15.5. The molecule has 26 heavy (non-hydrogen) atoms. The van der Waals surface area contributed by atoms with Gasteiger partial charge in [0.2, 0.25) is 0 Å². The fourth-order valence-corrected chi connectivity index (χ4v) is 4.84. The highest BCUT2D eigenvalue weighted by molar-refractivity contribution is 7.21. The first-order chi connectivity index (χ1) is 12.6. The van der Waals surface area contributed by atoms with Crippen LogP contribution in [0.5, 0.6) is 0 Å². The molecule has 1 aliphatic rings. The van der Waals surface area contributed by atoms with Crippen molar-refractivity contribution in [2.45, 2.75) is 13.5 Å². The number of carbonyl (C=O) groups excluding carboxylic acids is 1. The lowest BCUT2D eigenvalue weighted by Crippen LogP contribution is -2.48. The highest BCUT2D eigenvalue weighted by Crippen LogP contribution is 2.36. The van der Waals surface area contributed by atoms with Gasteiger partial charge in [-0.05, 0) is 18.6 Å². The number of carbonyl (C=O) groups is 1. The van der Waals surface area contributed by atoms with Crippen LogP contribution in [0.15, 0.2) is 48.5 Å². The molecule has 5 heteroatoms. The summed E-state index contributed by atoms with van der Waals surface area (Å²) in [5.41, 5.74) is 2.60. The number of halogens is 1. The Morgan fingerprint density at radius 1 is 1.04 bits per heavy atom. The largest absolute Gasteiger partial charge is 0.335 e. The molecule has 1 fully saturated rings. The van der Waals surface area contributed by atoms with Crippen LogP contribution in [-0.4, -0.2) is 41.9 Å². The number of rotatable bonds is 3. The van der Waals surface area contributed by atoms with Crippen LogP contribution in [0, 0.1) is 6.92 Å². The van der Waals surface area contributed by atoms with E-state index in [2.05, 4.69) is 36.1 Å². The van der Waals surface area contributed by atoms with Gasteiger partial charge in [-0.3, -0.25) is 9.69 Å². The molecule has 2 heterocycles. The number of nitrogens with zero attached hydrogens (tertiary/aromatic N) is 2. The second-order valence-corrected chi connectivity index (χ2v) is 8.23. The number of fused-ring (bicyclic) bond motifs is 1. The van der Waals surface area contributed by atoms with Crippen LogP contribution in [0.2, 0.25) is 5.02 Å². The summed E-state index contributed by atoms with van der Waals surface area (Å²) in [6, 6.07) is 16.6. The van der Waals surface area contributed by atoms with Crippen LogP contribution in [0.4, 0.5) is 0 Å². The number of amides is 1. The van der Waals surface area contributed by atoms with Crippen molar-refractivity contribution in [2.24, 2.45) is 0 Å². The van der Waals surface area contributed by atoms with E-state index >= 15 is 0 Å². The van der Waals surface area contributed by atoms with Crippen LogP contribution in [0.1, 0.15) is 20.8 Å². The second-order valence-electron chi connectivity index (χ2n) is 6.80. The number of hydrogen-bond donors (Lipinski definition) is 0. The van der Waals surface area contributed by atoms with Crippen molar-refractivity contribution in [3.63, 3.8) is 0 Å². The van der Waals surface area contributed by atoms with Gasteiger partial charge in [0.05, 0.1) is 5.02 Å². The van der Waals surface area contributed by atoms with E-state index in [0.29, 0.717) is 9.90 Å². The minimum Gasteiger partial charge on any atom is -0.335 e. The van der Waals surface area contributed by atoms with E-state index < -0.39 is 0 Å². The molecule has 4 rings (SSSR count). The lowest BCUT2D eigenvalue weighted by molar-refractivity contribution is 0.0633. The maximum absolute atomic E-state index is 12.9. The second kappa shape index (κ2) is 7.39. The standard InChI is InChI=1S/C21H21ClN2OS/c1-15-6-8-16(9-7-15)14-23-10-12-24(13-11-23)21(25)20-19(22)17-4-2-3-5-18(17)26-20/h2-9H,10-14H2,1H3. The van der Waals surface area contributed by atoms with Gasteiger partial charge in [-0.1, -0.05) is 59.6 Å². The summed E-state index contributed by atoms with van der Waals surface area (Å²) in [5.74, 6) is 0.0613. The highest BCUT2D eigenvalue weighted by atomic mass is 35.5. The molecule has 0 bridgehead atoms. The third kappa shape index (κ3) is 3.50. The highest BCUT2D eigenvalue weighted by Gasteiger charge is 2.26. The fraction of sp³-hybridized carbons (Fsp3) is 0.286. The first-order valence-electron chi connectivity index (χ1n) is 8.86. The average molecular weight is 385 g/mol. The molecule has 1 aromatic heterocycles. The van der Waals surface area contributed by atoms with E-state index in [-0.39, 0.29) is 5.91 Å². The molecule has 0 radical (unpaired) electrons. The molecule has 3 aromatic rings. The number of hydrogen-bond acceptors (Lipinski definition) is 3. The van der Waals surface area contributed by atoms with Crippen molar-refractivity contribution in [1.29, 1.82) is 0 Å². The molecule has 1 amide bonds. The van der Waals surface area contributed by atoms with Crippen molar-refractivity contribution in [2.75, 3.05) is 26.2 Å². The predicted molar refractivity (Wildman–Crippen MR) is 109 cm³/mol. The molecule has 0 N–H and O–H groups in total. The first kappa shape index (κ1) is 17.5. The van der Waals surface area contributed by atoms with E-state index in [9.17, 15) is 4.79 Å². The van der Waals surface area contributed by atoms with Crippen LogP contribution in [0.3, 0.4) is 0 Å². The fourth-order valence-electron chi connectivity index (χ4n) is 3.36. The van der Waals surface area contributed by atoms with E-state index in [1.165, 1.54) is 22.5 Å². The molecule has 2 aromatic carbocycles. The maximum atomic E-state index is 12.9. The van der Waals surface area contributed by atoms with Crippen LogP contribution in [0.25, 0.3) is 10.1 Å². The Balaban J connectivity index is 1.41. The third-order valence-corrected chi connectivity index (χ3v) is 6.58. The molecule has 0 aliphatic carbocycles. The van der Waals surface area contributed by atoms with Gasteiger partial charge in [0, 0.05) is 42.8 Å². The SMILES string of the molecule is Cc1ccc(CN2CCN(C(=O)c3sc4ccccc4c3Cl)CC2)cc1. The van der Waals surface area contributed by atoms with E-state index in [1.807, 2.05) is 29.2 Å². The summed E-state index contributed by atoms with van der Waals surface area (Å²) in [5, 5.41) is 1.57. The Morgan fingerprint density at radius 2 is 1.73 bits per heavy atom. The summed E-state index contributed by atoms with van der Waals surface area (Å²) in [7, 11) is 0. The summed E-state index contributed by atoms with van der Waals surface area (Å²) in [4.78, 5) is 17.9. The molecule has 3 nitrogen and oxygen atoms in total. The molecule has 0 saturated carbocycles. The zero-order chi connectivity index (χ0) is 18.1. The quantitative estimate of drug-likeness (QED) is 0.646. The minimum atomic E-state index is 0.0613. The Hall–Kier alpha value is -1.88.